The quantitative estimate of drug-likeness (QED) is 0.627. The fraction of sp³-hybridized carbons (Fsp3) is 0.308. The molecule has 1 heterocycles. The summed E-state index contributed by atoms with van der Waals surface area (Å²) in [5.41, 5.74) is 7.71. The molecule has 0 fully saturated rings. The van der Waals surface area contributed by atoms with Crippen LogP contribution < -0.4 is 11.1 Å². The topological polar surface area (TPSA) is 68.8 Å². The molecule has 0 aliphatic rings. The number of anilines is 1. The maximum absolute atomic E-state index is 5.83. The van der Waals surface area contributed by atoms with E-state index in [1.807, 2.05) is 36.1 Å². The molecule has 3 N–H and O–H groups in total. The van der Waals surface area contributed by atoms with Crippen LogP contribution in [0.25, 0.3) is 0 Å². The number of nitrogens with one attached hydrogen (secondary N) is 1. The maximum atomic E-state index is 5.83. The molecular weight excluding hydrogens is 290 g/mol. The van der Waals surface area contributed by atoms with Crippen LogP contribution in [0.2, 0.25) is 0 Å². The molecule has 1 aromatic carbocycles. The van der Waals surface area contributed by atoms with Gasteiger partial charge in [-0.1, -0.05) is 18.3 Å². The Morgan fingerprint density at radius 3 is 2.90 bits per heavy atom. The zero-order chi connectivity index (χ0) is 14.5. The zero-order valence-corrected chi connectivity index (χ0v) is 13.1. The highest BCUT2D eigenvalue weighted by molar-refractivity contribution is 7.98. The molecule has 0 aliphatic heterocycles. The molecule has 0 amide bonds. The minimum atomic E-state index is 0.413. The monoisotopic (exact) mass is 307 g/mol. The second kappa shape index (κ2) is 6.71. The van der Waals surface area contributed by atoms with Crippen LogP contribution in [0.1, 0.15) is 11.4 Å². The highest BCUT2D eigenvalue weighted by Crippen LogP contribution is 2.27. The Balaban J connectivity index is 2.09. The second-order valence-corrected chi connectivity index (χ2v) is 5.57. The molecule has 0 radical (unpaired) electrons. The number of hydrogen-bond donors (Lipinski definition) is 2. The molecule has 7 heteroatoms. The van der Waals surface area contributed by atoms with Crippen LogP contribution in [-0.2, 0) is 13.5 Å². The molecular formula is C13H17N5S2. The van der Waals surface area contributed by atoms with Gasteiger partial charge in [-0.05, 0) is 18.4 Å². The molecule has 0 unspecified atom stereocenters. The van der Waals surface area contributed by atoms with Crippen LogP contribution >= 0.6 is 24.0 Å². The Hall–Kier alpha value is -1.60. The van der Waals surface area contributed by atoms with Crippen LogP contribution in [0.15, 0.2) is 29.4 Å². The second-order valence-electron chi connectivity index (χ2n) is 4.28. The minimum absolute atomic E-state index is 0.413. The minimum Gasteiger partial charge on any atom is -0.389 e. The summed E-state index contributed by atoms with van der Waals surface area (Å²) < 4.78 is 1.91. The van der Waals surface area contributed by atoms with Crippen molar-refractivity contribution in [3.8, 4) is 0 Å². The van der Waals surface area contributed by atoms with Crippen LogP contribution in [-0.4, -0.2) is 32.6 Å². The number of aryl methyl sites for hydroxylation is 1. The highest BCUT2D eigenvalue weighted by atomic mass is 32.2. The standard InChI is InChI=1S/C13H17N5S2/c1-18-8-16-17-11(18)6-7-15-9-4-3-5-10(20-2)12(9)13(14)19/h3-5,8,15H,6-7H2,1-2H3,(H2,14,19). The van der Waals surface area contributed by atoms with Gasteiger partial charge in [-0.25, -0.2) is 0 Å². The Kier molecular flexibility index (Phi) is 4.97. The molecule has 0 spiro atoms. The van der Waals surface area contributed by atoms with E-state index in [1.54, 1.807) is 18.1 Å². The zero-order valence-electron chi connectivity index (χ0n) is 11.5. The fourth-order valence-corrected chi connectivity index (χ4v) is 2.87. The van der Waals surface area contributed by atoms with Crippen molar-refractivity contribution in [1.82, 2.24) is 14.8 Å². The Bertz CT molecular complexity index is 609. The third-order valence-electron chi connectivity index (χ3n) is 2.96. The Morgan fingerprint density at radius 2 is 2.30 bits per heavy atom. The van der Waals surface area contributed by atoms with Gasteiger partial charge in [0, 0.05) is 36.2 Å². The van der Waals surface area contributed by atoms with Gasteiger partial charge in [0.15, 0.2) is 0 Å². The van der Waals surface area contributed by atoms with E-state index < -0.39 is 0 Å². The molecule has 5 nitrogen and oxygen atoms in total. The lowest BCUT2D eigenvalue weighted by atomic mass is 10.1. The number of thioether (sulfide) groups is 1. The van der Waals surface area contributed by atoms with Crippen LogP contribution in [0.4, 0.5) is 5.69 Å². The molecule has 0 saturated heterocycles. The Morgan fingerprint density at radius 1 is 1.50 bits per heavy atom. The molecule has 2 aromatic rings. The first-order valence-corrected chi connectivity index (χ1v) is 7.80. The van der Waals surface area contributed by atoms with E-state index in [2.05, 4.69) is 15.5 Å². The van der Waals surface area contributed by atoms with Crippen molar-refractivity contribution in [2.45, 2.75) is 11.3 Å². The number of rotatable bonds is 6. The summed E-state index contributed by atoms with van der Waals surface area (Å²) >= 11 is 6.79. The van der Waals surface area contributed by atoms with Gasteiger partial charge in [0.2, 0.25) is 0 Å². The molecule has 0 saturated carbocycles. The molecule has 1 aromatic heterocycles. The van der Waals surface area contributed by atoms with Gasteiger partial charge < -0.3 is 15.6 Å². The van der Waals surface area contributed by atoms with Crippen LogP contribution in [0.5, 0.6) is 0 Å². The van der Waals surface area contributed by atoms with Crippen LogP contribution in [0, 0.1) is 0 Å². The Labute approximate surface area is 128 Å². The summed E-state index contributed by atoms with van der Waals surface area (Å²) in [6.45, 7) is 0.750. The highest BCUT2D eigenvalue weighted by Gasteiger charge is 2.10. The van der Waals surface area contributed by atoms with E-state index in [1.165, 1.54) is 0 Å². The molecule has 0 aliphatic carbocycles. The maximum Gasteiger partial charge on any atom is 0.134 e. The van der Waals surface area contributed by atoms with Crippen molar-refractivity contribution in [2.75, 3.05) is 18.1 Å². The number of thiocarbonyl (C=S) groups is 1. The predicted octanol–water partition coefficient (Wildman–Crippen LogP) is 1.83. The number of aromatic nitrogens is 3. The molecule has 20 heavy (non-hydrogen) atoms. The number of nitrogens with two attached hydrogens (primary N) is 1. The normalized spacial score (nSPS) is 10.5. The van der Waals surface area contributed by atoms with Gasteiger partial charge in [0.1, 0.15) is 17.1 Å². The van der Waals surface area contributed by atoms with Crippen molar-refractivity contribution in [3.05, 3.63) is 35.9 Å². The van der Waals surface area contributed by atoms with Gasteiger partial charge in [-0.3, -0.25) is 0 Å². The summed E-state index contributed by atoms with van der Waals surface area (Å²) in [5, 5.41) is 11.3. The summed E-state index contributed by atoms with van der Waals surface area (Å²) in [4.78, 5) is 1.50. The lowest BCUT2D eigenvalue weighted by molar-refractivity contribution is 0.788. The SMILES string of the molecule is CSc1cccc(NCCc2nncn2C)c1C(N)=S. The van der Waals surface area contributed by atoms with E-state index in [9.17, 15) is 0 Å². The lowest BCUT2D eigenvalue weighted by Crippen LogP contribution is -2.16. The number of hydrogen-bond acceptors (Lipinski definition) is 5. The van der Waals surface area contributed by atoms with E-state index in [0.29, 0.717) is 4.99 Å². The van der Waals surface area contributed by atoms with Crippen molar-refractivity contribution in [2.24, 2.45) is 12.8 Å². The third-order valence-corrected chi connectivity index (χ3v) is 3.95. The fourth-order valence-electron chi connectivity index (χ4n) is 1.95. The van der Waals surface area contributed by atoms with Gasteiger partial charge in [0.25, 0.3) is 0 Å². The smallest absolute Gasteiger partial charge is 0.134 e. The van der Waals surface area contributed by atoms with E-state index in [-0.39, 0.29) is 0 Å². The first-order valence-electron chi connectivity index (χ1n) is 6.17. The third kappa shape index (κ3) is 3.29. The number of nitrogens with zero attached hydrogens (tertiary/aromatic N) is 3. The summed E-state index contributed by atoms with van der Waals surface area (Å²) in [6, 6.07) is 6.01. The van der Waals surface area contributed by atoms with E-state index in [0.717, 1.165) is 34.9 Å². The van der Waals surface area contributed by atoms with Crippen molar-refractivity contribution >= 4 is 34.7 Å². The summed E-state index contributed by atoms with van der Waals surface area (Å²) in [6.07, 6.45) is 4.50. The lowest BCUT2D eigenvalue weighted by Gasteiger charge is -2.14. The van der Waals surface area contributed by atoms with E-state index >= 15 is 0 Å². The first-order chi connectivity index (χ1) is 9.63. The van der Waals surface area contributed by atoms with Crippen molar-refractivity contribution in [3.63, 3.8) is 0 Å². The van der Waals surface area contributed by atoms with Crippen molar-refractivity contribution < 1.29 is 0 Å². The summed E-state index contributed by atoms with van der Waals surface area (Å²) in [7, 11) is 1.93. The summed E-state index contributed by atoms with van der Waals surface area (Å²) in [5.74, 6) is 0.940. The van der Waals surface area contributed by atoms with E-state index in [4.69, 9.17) is 18.0 Å². The molecule has 0 bridgehead atoms. The molecule has 2 rings (SSSR count). The van der Waals surface area contributed by atoms with Crippen LogP contribution in [0.3, 0.4) is 0 Å². The average Bonchev–Trinajstić information content (AvgIpc) is 2.84. The van der Waals surface area contributed by atoms with Gasteiger partial charge in [-0.2, -0.15) is 0 Å². The van der Waals surface area contributed by atoms with Gasteiger partial charge >= 0.3 is 0 Å². The average molecular weight is 307 g/mol. The van der Waals surface area contributed by atoms with Gasteiger partial charge in [-0.15, -0.1) is 22.0 Å². The molecule has 0 atom stereocenters. The number of benzene rings is 1. The first kappa shape index (κ1) is 14.8. The predicted molar refractivity (Wildman–Crippen MR) is 87.3 cm³/mol. The largest absolute Gasteiger partial charge is 0.389 e. The molecule has 106 valence electrons. The van der Waals surface area contributed by atoms with Crippen molar-refractivity contribution in [1.29, 1.82) is 0 Å². The van der Waals surface area contributed by atoms with Gasteiger partial charge in [0.05, 0.1) is 0 Å².